The van der Waals surface area contributed by atoms with Crippen molar-refractivity contribution in [3.8, 4) is 0 Å². The summed E-state index contributed by atoms with van der Waals surface area (Å²) in [5.74, 6) is 5.47. The van der Waals surface area contributed by atoms with Gasteiger partial charge in [-0.25, -0.2) is 5.43 Å². The van der Waals surface area contributed by atoms with Crippen LogP contribution in [-0.2, 0) is 0 Å². The van der Waals surface area contributed by atoms with E-state index in [0.717, 1.165) is 10.6 Å². The van der Waals surface area contributed by atoms with E-state index in [1.165, 1.54) is 5.57 Å². The molecule has 0 saturated carbocycles. The van der Waals surface area contributed by atoms with Crippen molar-refractivity contribution >= 4 is 11.6 Å². The molecule has 0 aliphatic rings. The fourth-order valence-electron chi connectivity index (χ4n) is 1.27. The third-order valence-electron chi connectivity index (χ3n) is 1.89. The second-order valence-electron chi connectivity index (χ2n) is 3.44. The monoisotopic (exact) mass is 210 g/mol. The average Bonchev–Trinajstić information content (AvgIpc) is 2.14. The Labute approximate surface area is 89.7 Å². The largest absolute Gasteiger partial charge is 0.271 e. The SMILES string of the molecule is CC(C)=CC(NN)c1cccc(Cl)c1. The van der Waals surface area contributed by atoms with Gasteiger partial charge in [0.1, 0.15) is 0 Å². The zero-order valence-electron chi connectivity index (χ0n) is 8.42. The first-order valence-corrected chi connectivity index (χ1v) is 4.88. The lowest BCUT2D eigenvalue weighted by atomic mass is 10.1. The minimum absolute atomic E-state index is 0.0266. The quantitative estimate of drug-likeness (QED) is 0.458. The Morgan fingerprint density at radius 1 is 1.50 bits per heavy atom. The third kappa shape index (κ3) is 3.14. The summed E-state index contributed by atoms with van der Waals surface area (Å²) < 4.78 is 0. The second-order valence-corrected chi connectivity index (χ2v) is 3.88. The van der Waals surface area contributed by atoms with Crippen LogP contribution in [-0.4, -0.2) is 0 Å². The molecule has 0 spiro atoms. The summed E-state index contributed by atoms with van der Waals surface area (Å²) in [4.78, 5) is 0. The van der Waals surface area contributed by atoms with E-state index < -0.39 is 0 Å². The molecule has 0 amide bonds. The fraction of sp³-hybridized carbons (Fsp3) is 0.273. The molecule has 14 heavy (non-hydrogen) atoms. The van der Waals surface area contributed by atoms with Crippen molar-refractivity contribution in [3.05, 3.63) is 46.5 Å². The topological polar surface area (TPSA) is 38.0 Å². The maximum atomic E-state index is 5.89. The molecule has 0 aliphatic carbocycles. The molecular formula is C11H15ClN2. The molecule has 1 rings (SSSR count). The standard InChI is InChI=1S/C11H15ClN2/c1-8(2)6-11(14-13)9-4-3-5-10(12)7-9/h3-7,11,14H,13H2,1-2H3. The smallest absolute Gasteiger partial charge is 0.0643 e. The highest BCUT2D eigenvalue weighted by atomic mass is 35.5. The fourth-order valence-corrected chi connectivity index (χ4v) is 1.47. The summed E-state index contributed by atoms with van der Waals surface area (Å²) in [5.41, 5.74) is 5.03. The van der Waals surface area contributed by atoms with E-state index in [1.54, 1.807) is 0 Å². The number of nitrogens with two attached hydrogens (primary N) is 1. The van der Waals surface area contributed by atoms with E-state index >= 15 is 0 Å². The van der Waals surface area contributed by atoms with Crippen LogP contribution in [0.15, 0.2) is 35.9 Å². The molecule has 0 fully saturated rings. The predicted molar refractivity (Wildman–Crippen MR) is 60.9 cm³/mol. The highest BCUT2D eigenvalue weighted by molar-refractivity contribution is 6.30. The van der Waals surface area contributed by atoms with Crippen LogP contribution in [0.25, 0.3) is 0 Å². The van der Waals surface area contributed by atoms with Crippen LogP contribution in [0.3, 0.4) is 0 Å². The molecule has 3 heteroatoms. The van der Waals surface area contributed by atoms with E-state index in [1.807, 2.05) is 38.1 Å². The Balaban J connectivity index is 2.95. The summed E-state index contributed by atoms with van der Waals surface area (Å²) in [6.45, 7) is 4.07. The molecule has 0 saturated heterocycles. The van der Waals surface area contributed by atoms with Crippen molar-refractivity contribution in [2.45, 2.75) is 19.9 Å². The average molecular weight is 211 g/mol. The summed E-state index contributed by atoms with van der Waals surface area (Å²) >= 11 is 5.89. The number of benzene rings is 1. The summed E-state index contributed by atoms with van der Waals surface area (Å²) in [5, 5.41) is 0.727. The molecular weight excluding hydrogens is 196 g/mol. The van der Waals surface area contributed by atoms with E-state index in [2.05, 4.69) is 11.5 Å². The first-order chi connectivity index (χ1) is 6.63. The van der Waals surface area contributed by atoms with Crippen molar-refractivity contribution in [1.82, 2.24) is 5.43 Å². The van der Waals surface area contributed by atoms with Crippen molar-refractivity contribution in [2.75, 3.05) is 0 Å². The van der Waals surface area contributed by atoms with Crippen LogP contribution in [0.5, 0.6) is 0 Å². The Kier molecular flexibility index (Phi) is 4.14. The van der Waals surface area contributed by atoms with Crippen LogP contribution in [0, 0.1) is 0 Å². The van der Waals surface area contributed by atoms with E-state index in [4.69, 9.17) is 17.4 Å². The molecule has 0 bridgehead atoms. The molecule has 1 aromatic carbocycles. The number of rotatable bonds is 3. The van der Waals surface area contributed by atoms with Crippen LogP contribution in [0.4, 0.5) is 0 Å². The highest BCUT2D eigenvalue weighted by Crippen LogP contribution is 2.19. The van der Waals surface area contributed by atoms with Gasteiger partial charge in [0.05, 0.1) is 6.04 Å². The highest BCUT2D eigenvalue weighted by Gasteiger charge is 2.05. The van der Waals surface area contributed by atoms with Gasteiger partial charge in [-0.3, -0.25) is 5.84 Å². The molecule has 1 atom stereocenters. The molecule has 1 aromatic rings. The summed E-state index contributed by atoms with van der Waals surface area (Å²) in [7, 11) is 0. The van der Waals surface area contributed by atoms with Gasteiger partial charge in [0, 0.05) is 5.02 Å². The van der Waals surface area contributed by atoms with Crippen molar-refractivity contribution in [2.24, 2.45) is 5.84 Å². The Morgan fingerprint density at radius 2 is 2.21 bits per heavy atom. The van der Waals surface area contributed by atoms with Gasteiger partial charge < -0.3 is 0 Å². The third-order valence-corrected chi connectivity index (χ3v) is 2.12. The molecule has 0 radical (unpaired) electrons. The maximum absolute atomic E-state index is 5.89. The Bertz CT molecular complexity index is 330. The Morgan fingerprint density at radius 3 is 2.71 bits per heavy atom. The van der Waals surface area contributed by atoms with Crippen molar-refractivity contribution < 1.29 is 0 Å². The van der Waals surface area contributed by atoms with Crippen molar-refractivity contribution in [3.63, 3.8) is 0 Å². The van der Waals surface area contributed by atoms with Crippen LogP contribution >= 0.6 is 11.6 Å². The van der Waals surface area contributed by atoms with E-state index in [9.17, 15) is 0 Å². The van der Waals surface area contributed by atoms with Gasteiger partial charge in [0.15, 0.2) is 0 Å². The number of hydrogen-bond donors (Lipinski definition) is 2. The zero-order chi connectivity index (χ0) is 10.6. The molecule has 1 unspecified atom stereocenters. The Hall–Kier alpha value is -0.830. The van der Waals surface area contributed by atoms with Crippen LogP contribution in [0.2, 0.25) is 5.02 Å². The molecule has 2 nitrogen and oxygen atoms in total. The van der Waals surface area contributed by atoms with Gasteiger partial charge in [0.25, 0.3) is 0 Å². The lowest BCUT2D eigenvalue weighted by molar-refractivity contribution is 0.652. The van der Waals surface area contributed by atoms with Crippen molar-refractivity contribution in [1.29, 1.82) is 0 Å². The van der Waals surface area contributed by atoms with Gasteiger partial charge in [0.2, 0.25) is 0 Å². The predicted octanol–water partition coefficient (Wildman–Crippen LogP) is 2.81. The molecule has 3 N–H and O–H groups in total. The number of nitrogens with one attached hydrogen (secondary N) is 1. The summed E-state index contributed by atoms with van der Waals surface area (Å²) in [6.07, 6.45) is 2.06. The maximum Gasteiger partial charge on any atom is 0.0643 e. The molecule has 76 valence electrons. The van der Waals surface area contributed by atoms with Gasteiger partial charge in [-0.1, -0.05) is 35.4 Å². The molecule has 0 aliphatic heterocycles. The normalized spacial score (nSPS) is 12.3. The lowest BCUT2D eigenvalue weighted by Gasteiger charge is -2.12. The van der Waals surface area contributed by atoms with E-state index in [0.29, 0.717) is 0 Å². The van der Waals surface area contributed by atoms with Crippen LogP contribution in [0.1, 0.15) is 25.5 Å². The number of halogens is 1. The van der Waals surface area contributed by atoms with Gasteiger partial charge in [-0.2, -0.15) is 0 Å². The molecule has 0 aromatic heterocycles. The van der Waals surface area contributed by atoms with Gasteiger partial charge >= 0.3 is 0 Å². The zero-order valence-corrected chi connectivity index (χ0v) is 9.18. The lowest BCUT2D eigenvalue weighted by Crippen LogP contribution is -2.26. The first kappa shape index (κ1) is 11.2. The van der Waals surface area contributed by atoms with Gasteiger partial charge in [-0.15, -0.1) is 0 Å². The number of hydrogen-bond acceptors (Lipinski definition) is 2. The second kappa shape index (κ2) is 5.15. The number of hydrazine groups is 1. The van der Waals surface area contributed by atoms with E-state index in [-0.39, 0.29) is 6.04 Å². The first-order valence-electron chi connectivity index (χ1n) is 4.50. The molecule has 0 heterocycles. The van der Waals surface area contributed by atoms with Crippen LogP contribution < -0.4 is 11.3 Å². The minimum atomic E-state index is 0.0266. The minimum Gasteiger partial charge on any atom is -0.271 e. The van der Waals surface area contributed by atoms with Gasteiger partial charge in [-0.05, 0) is 31.5 Å². The summed E-state index contributed by atoms with van der Waals surface area (Å²) in [6, 6.07) is 7.70. The number of allylic oxidation sites excluding steroid dienone is 1.